The standard InChI is InChI=1S/C7H6O3.C3H7NO2.Zn/c8-4-5-1-2-6(9)3-7(5)10;1-2(4)3(5)6;/h1-4,9-10H;2H,4H2,1H3,(H,5,6);. The summed E-state index contributed by atoms with van der Waals surface area (Å²) in [7, 11) is 0. The molecule has 5 N–H and O–H groups in total. The van der Waals surface area contributed by atoms with Gasteiger partial charge in [-0.25, -0.2) is 0 Å². The van der Waals surface area contributed by atoms with Crippen LogP contribution in [-0.2, 0) is 24.3 Å². The molecule has 0 heterocycles. The summed E-state index contributed by atoms with van der Waals surface area (Å²) in [6.45, 7) is 1.42. The summed E-state index contributed by atoms with van der Waals surface area (Å²) >= 11 is 0. The van der Waals surface area contributed by atoms with E-state index in [1.807, 2.05) is 0 Å². The fraction of sp³-hybridized carbons (Fsp3) is 0.200. The minimum absolute atomic E-state index is 0. The average molecular weight is 293 g/mol. The van der Waals surface area contributed by atoms with Gasteiger partial charge in [0.2, 0.25) is 0 Å². The Labute approximate surface area is 111 Å². The Morgan fingerprint density at radius 1 is 1.41 bits per heavy atom. The number of aromatic hydroxyl groups is 2. The van der Waals surface area contributed by atoms with Gasteiger partial charge in [-0.1, -0.05) is 0 Å². The molecule has 6 nitrogen and oxygen atoms in total. The van der Waals surface area contributed by atoms with Crippen molar-refractivity contribution in [2.45, 2.75) is 13.0 Å². The monoisotopic (exact) mass is 291 g/mol. The molecule has 1 atom stereocenters. The van der Waals surface area contributed by atoms with Gasteiger partial charge in [-0.05, 0) is 19.1 Å². The van der Waals surface area contributed by atoms with E-state index in [1.165, 1.54) is 19.1 Å². The second-order valence-electron chi connectivity index (χ2n) is 2.99. The molecule has 17 heavy (non-hydrogen) atoms. The van der Waals surface area contributed by atoms with E-state index in [2.05, 4.69) is 0 Å². The second-order valence-corrected chi connectivity index (χ2v) is 2.99. The molecule has 1 aromatic carbocycles. The van der Waals surface area contributed by atoms with Gasteiger partial charge < -0.3 is 21.1 Å². The van der Waals surface area contributed by atoms with E-state index in [-0.39, 0.29) is 36.5 Å². The summed E-state index contributed by atoms with van der Waals surface area (Å²) in [4.78, 5) is 19.7. The van der Waals surface area contributed by atoms with Gasteiger partial charge in [0, 0.05) is 25.5 Å². The second kappa shape index (κ2) is 8.67. The number of aldehydes is 1. The molecule has 0 spiro atoms. The van der Waals surface area contributed by atoms with Crippen LogP contribution in [0.15, 0.2) is 18.2 Å². The number of hydrogen-bond acceptors (Lipinski definition) is 5. The van der Waals surface area contributed by atoms with Crippen LogP contribution < -0.4 is 5.73 Å². The first-order valence-electron chi connectivity index (χ1n) is 4.34. The van der Waals surface area contributed by atoms with Gasteiger partial charge in [0.1, 0.15) is 17.5 Å². The zero-order valence-corrected chi connectivity index (χ0v) is 12.3. The quantitative estimate of drug-likeness (QED) is 0.460. The molecule has 0 aliphatic heterocycles. The van der Waals surface area contributed by atoms with Crippen LogP contribution in [0, 0.1) is 0 Å². The predicted molar refractivity (Wildman–Crippen MR) is 56.4 cm³/mol. The molecular weight excluding hydrogens is 280 g/mol. The Bertz CT molecular complexity index is 381. The van der Waals surface area contributed by atoms with Crippen molar-refractivity contribution in [2.24, 2.45) is 5.73 Å². The van der Waals surface area contributed by atoms with Gasteiger partial charge >= 0.3 is 5.97 Å². The predicted octanol–water partition coefficient (Wildman–Crippen LogP) is 0.326. The first kappa shape index (κ1) is 17.9. The Kier molecular flexibility index (Phi) is 9.14. The fourth-order valence-electron chi connectivity index (χ4n) is 0.632. The Hall–Kier alpha value is -1.46. The zero-order valence-electron chi connectivity index (χ0n) is 9.33. The molecule has 0 saturated heterocycles. The topological polar surface area (TPSA) is 121 Å². The fourth-order valence-corrected chi connectivity index (χ4v) is 0.632. The molecule has 90 valence electrons. The van der Waals surface area contributed by atoms with E-state index < -0.39 is 12.0 Å². The number of rotatable bonds is 2. The Morgan fingerprint density at radius 3 is 2.18 bits per heavy atom. The minimum atomic E-state index is -0.963. The molecule has 1 aromatic rings. The van der Waals surface area contributed by atoms with E-state index in [9.17, 15) is 9.59 Å². The summed E-state index contributed by atoms with van der Waals surface area (Å²) in [5.41, 5.74) is 5.01. The van der Waals surface area contributed by atoms with Crippen molar-refractivity contribution < 1.29 is 44.4 Å². The maximum absolute atomic E-state index is 10.1. The number of phenols is 2. The maximum atomic E-state index is 10.1. The molecule has 0 amide bonds. The normalized spacial score (nSPS) is 10.2. The van der Waals surface area contributed by atoms with Crippen LogP contribution in [0.25, 0.3) is 0 Å². The summed E-state index contributed by atoms with van der Waals surface area (Å²) in [5, 5.41) is 25.5. The Balaban J connectivity index is 0. The van der Waals surface area contributed by atoms with Gasteiger partial charge in [0.25, 0.3) is 0 Å². The van der Waals surface area contributed by atoms with Crippen molar-refractivity contribution in [1.82, 2.24) is 0 Å². The first-order valence-corrected chi connectivity index (χ1v) is 4.34. The van der Waals surface area contributed by atoms with Gasteiger partial charge in [0.05, 0.1) is 5.56 Å². The van der Waals surface area contributed by atoms with E-state index >= 15 is 0 Å². The van der Waals surface area contributed by atoms with Crippen LogP contribution in [0.4, 0.5) is 0 Å². The van der Waals surface area contributed by atoms with Crippen LogP contribution >= 0.6 is 0 Å². The molecule has 0 aromatic heterocycles. The molecule has 0 radical (unpaired) electrons. The molecule has 0 saturated carbocycles. The number of phenolic OH excluding ortho intramolecular Hbond substituents is 2. The summed E-state index contributed by atoms with van der Waals surface area (Å²) in [6, 6.07) is 3.06. The number of carbonyl (C=O) groups is 2. The number of aliphatic carboxylic acids is 1. The summed E-state index contributed by atoms with van der Waals surface area (Å²) in [5.74, 6) is -1.21. The van der Waals surface area contributed by atoms with Gasteiger partial charge in [-0.15, -0.1) is 0 Å². The smallest absolute Gasteiger partial charge is 0.320 e. The van der Waals surface area contributed by atoms with Crippen LogP contribution in [0.2, 0.25) is 0 Å². The molecule has 0 aliphatic carbocycles. The van der Waals surface area contributed by atoms with Gasteiger partial charge in [-0.3, -0.25) is 9.59 Å². The molecule has 1 rings (SSSR count). The van der Waals surface area contributed by atoms with Crippen LogP contribution in [0.5, 0.6) is 11.5 Å². The van der Waals surface area contributed by atoms with E-state index in [0.717, 1.165) is 6.07 Å². The zero-order chi connectivity index (χ0) is 12.7. The number of carbonyl (C=O) groups excluding carboxylic acids is 1. The molecule has 7 heteroatoms. The van der Waals surface area contributed by atoms with Gasteiger partial charge in [0.15, 0.2) is 6.29 Å². The van der Waals surface area contributed by atoms with Crippen molar-refractivity contribution in [3.8, 4) is 11.5 Å². The number of carboxylic acids is 1. The number of carboxylic acid groups (broad SMARTS) is 1. The van der Waals surface area contributed by atoms with Gasteiger partial charge in [-0.2, -0.15) is 0 Å². The van der Waals surface area contributed by atoms with Crippen molar-refractivity contribution in [3.63, 3.8) is 0 Å². The largest absolute Gasteiger partial charge is 0.508 e. The third-order valence-electron chi connectivity index (χ3n) is 1.53. The van der Waals surface area contributed by atoms with Crippen LogP contribution in [0.1, 0.15) is 17.3 Å². The maximum Gasteiger partial charge on any atom is 0.320 e. The number of nitrogens with two attached hydrogens (primary N) is 1. The number of benzene rings is 1. The van der Waals surface area contributed by atoms with Crippen molar-refractivity contribution in [1.29, 1.82) is 0 Å². The summed E-state index contributed by atoms with van der Waals surface area (Å²) in [6.07, 6.45) is 0.523. The SMILES string of the molecule is CC(N)C(=O)O.O=Cc1ccc(O)cc1O.[Zn]. The Morgan fingerprint density at radius 2 is 1.88 bits per heavy atom. The van der Waals surface area contributed by atoms with Crippen molar-refractivity contribution in [2.75, 3.05) is 0 Å². The van der Waals surface area contributed by atoms with E-state index in [4.69, 9.17) is 21.1 Å². The molecule has 0 aliphatic rings. The molecule has 1 unspecified atom stereocenters. The molecular formula is C10H13NO5Zn. The molecule has 0 bridgehead atoms. The number of hydrogen-bond donors (Lipinski definition) is 4. The summed E-state index contributed by atoms with van der Waals surface area (Å²) < 4.78 is 0. The van der Waals surface area contributed by atoms with Crippen molar-refractivity contribution >= 4 is 12.3 Å². The van der Waals surface area contributed by atoms with E-state index in [0.29, 0.717) is 6.29 Å². The van der Waals surface area contributed by atoms with E-state index in [1.54, 1.807) is 0 Å². The first-order chi connectivity index (χ1) is 7.38. The third-order valence-corrected chi connectivity index (χ3v) is 1.53. The third kappa shape index (κ3) is 7.43. The van der Waals surface area contributed by atoms with Crippen molar-refractivity contribution in [3.05, 3.63) is 23.8 Å². The van der Waals surface area contributed by atoms with Crippen LogP contribution in [-0.4, -0.2) is 33.6 Å². The minimum Gasteiger partial charge on any atom is -0.508 e. The molecule has 0 fully saturated rings. The van der Waals surface area contributed by atoms with Crippen LogP contribution in [0.3, 0.4) is 0 Å². The average Bonchev–Trinajstić information content (AvgIpc) is 2.18.